The molecule has 1 heterocycles. The Morgan fingerprint density at radius 3 is 2.40 bits per heavy atom. The van der Waals surface area contributed by atoms with Gasteiger partial charge >= 0.3 is 5.97 Å². The third-order valence-corrected chi connectivity index (χ3v) is 5.72. The number of hydrogen-bond donors (Lipinski definition) is 1. The molecule has 0 saturated carbocycles. The van der Waals surface area contributed by atoms with Crippen molar-refractivity contribution in [3.05, 3.63) is 18.2 Å². The first-order chi connectivity index (χ1) is 9.34. The summed E-state index contributed by atoms with van der Waals surface area (Å²) in [5.41, 5.74) is 0. The van der Waals surface area contributed by atoms with Crippen LogP contribution < -0.4 is 9.47 Å². The van der Waals surface area contributed by atoms with Crippen molar-refractivity contribution < 1.29 is 27.8 Å². The molecule has 0 saturated heterocycles. The first kappa shape index (κ1) is 14.6. The van der Waals surface area contributed by atoms with Crippen molar-refractivity contribution in [2.75, 3.05) is 13.2 Å². The zero-order valence-electron chi connectivity index (χ0n) is 11.2. The summed E-state index contributed by atoms with van der Waals surface area (Å²) in [4.78, 5) is 11.0. The van der Waals surface area contributed by atoms with Crippen molar-refractivity contribution >= 4 is 15.8 Å². The molecule has 0 amide bonds. The minimum Gasteiger partial charge on any atom is -0.486 e. The van der Waals surface area contributed by atoms with Gasteiger partial charge in [0.25, 0.3) is 0 Å². The lowest BCUT2D eigenvalue weighted by atomic mass is 10.1. The zero-order valence-corrected chi connectivity index (χ0v) is 12.0. The minimum atomic E-state index is -3.73. The summed E-state index contributed by atoms with van der Waals surface area (Å²) in [6.45, 7) is 3.55. The SMILES string of the molecule is CC(C(=O)O)C(C)S(=O)(=O)c1ccc2c(c1)OCCO2. The van der Waals surface area contributed by atoms with E-state index in [-0.39, 0.29) is 4.90 Å². The highest BCUT2D eigenvalue weighted by Gasteiger charge is 2.33. The highest BCUT2D eigenvalue weighted by atomic mass is 32.2. The van der Waals surface area contributed by atoms with Gasteiger partial charge in [-0.1, -0.05) is 6.92 Å². The van der Waals surface area contributed by atoms with Gasteiger partial charge in [-0.3, -0.25) is 4.79 Å². The maximum atomic E-state index is 12.4. The molecule has 1 aliphatic rings. The zero-order chi connectivity index (χ0) is 14.9. The molecule has 0 aliphatic carbocycles. The molecule has 2 atom stereocenters. The fraction of sp³-hybridized carbons (Fsp3) is 0.462. The molecule has 1 aliphatic heterocycles. The molecule has 1 N–H and O–H groups in total. The second-order valence-corrected chi connectivity index (χ2v) is 6.99. The number of ether oxygens (including phenoxy) is 2. The van der Waals surface area contributed by atoms with Crippen LogP contribution in [0.5, 0.6) is 11.5 Å². The molecular formula is C13H16O6S. The van der Waals surface area contributed by atoms with Crippen LogP contribution in [-0.2, 0) is 14.6 Å². The van der Waals surface area contributed by atoms with E-state index in [0.717, 1.165) is 0 Å². The Labute approximate surface area is 117 Å². The van der Waals surface area contributed by atoms with Gasteiger partial charge in [-0.25, -0.2) is 8.42 Å². The Kier molecular flexibility index (Phi) is 3.89. The van der Waals surface area contributed by atoms with E-state index in [1.54, 1.807) is 0 Å². The Hall–Kier alpha value is -1.76. The van der Waals surface area contributed by atoms with Crippen LogP contribution >= 0.6 is 0 Å². The normalized spacial score (nSPS) is 17.3. The predicted molar refractivity (Wildman–Crippen MR) is 70.9 cm³/mol. The van der Waals surface area contributed by atoms with E-state index in [4.69, 9.17) is 14.6 Å². The average molecular weight is 300 g/mol. The first-order valence-electron chi connectivity index (χ1n) is 6.20. The van der Waals surface area contributed by atoms with Gasteiger partial charge in [-0.05, 0) is 19.1 Å². The van der Waals surface area contributed by atoms with Crippen LogP contribution in [0.25, 0.3) is 0 Å². The predicted octanol–water partition coefficient (Wildman–Crippen LogP) is 1.34. The number of rotatable bonds is 4. The molecule has 2 rings (SSSR count). The Morgan fingerprint density at radius 1 is 1.20 bits per heavy atom. The Balaban J connectivity index is 2.37. The van der Waals surface area contributed by atoms with Crippen molar-refractivity contribution in [1.29, 1.82) is 0 Å². The van der Waals surface area contributed by atoms with Crippen molar-refractivity contribution in [3.63, 3.8) is 0 Å². The topological polar surface area (TPSA) is 89.9 Å². The third-order valence-electron chi connectivity index (χ3n) is 3.43. The standard InChI is InChI=1S/C13H16O6S/c1-8(13(14)15)9(2)20(16,17)10-3-4-11-12(7-10)19-6-5-18-11/h3-4,7-9H,5-6H2,1-2H3,(H,14,15). The summed E-state index contributed by atoms with van der Waals surface area (Å²) >= 11 is 0. The molecular weight excluding hydrogens is 284 g/mol. The fourth-order valence-electron chi connectivity index (χ4n) is 1.88. The maximum Gasteiger partial charge on any atom is 0.307 e. The van der Waals surface area contributed by atoms with Crippen LogP contribution in [0.2, 0.25) is 0 Å². The van der Waals surface area contributed by atoms with Crippen LogP contribution in [-0.4, -0.2) is 38.0 Å². The second kappa shape index (κ2) is 5.32. The lowest BCUT2D eigenvalue weighted by Gasteiger charge is -2.21. The highest BCUT2D eigenvalue weighted by molar-refractivity contribution is 7.92. The Morgan fingerprint density at radius 2 is 1.80 bits per heavy atom. The number of fused-ring (bicyclic) bond motifs is 1. The number of sulfone groups is 1. The van der Waals surface area contributed by atoms with Gasteiger partial charge in [0.1, 0.15) is 13.2 Å². The number of aliphatic carboxylic acids is 1. The van der Waals surface area contributed by atoms with Gasteiger partial charge in [0.05, 0.1) is 16.1 Å². The number of hydrogen-bond acceptors (Lipinski definition) is 5. The molecule has 6 nitrogen and oxygen atoms in total. The summed E-state index contributed by atoms with van der Waals surface area (Å²) in [5.74, 6) is -1.27. The number of carbonyl (C=O) groups is 1. The van der Waals surface area contributed by atoms with Crippen molar-refractivity contribution in [2.24, 2.45) is 5.92 Å². The van der Waals surface area contributed by atoms with Gasteiger partial charge in [0, 0.05) is 6.07 Å². The van der Waals surface area contributed by atoms with Crippen molar-refractivity contribution in [3.8, 4) is 11.5 Å². The quantitative estimate of drug-likeness (QED) is 0.902. The van der Waals surface area contributed by atoms with Crippen LogP contribution in [0, 0.1) is 5.92 Å². The number of carboxylic acid groups (broad SMARTS) is 1. The molecule has 0 radical (unpaired) electrons. The monoisotopic (exact) mass is 300 g/mol. The smallest absolute Gasteiger partial charge is 0.307 e. The molecule has 2 unspecified atom stereocenters. The number of carboxylic acids is 1. The molecule has 1 aromatic rings. The third kappa shape index (κ3) is 2.58. The molecule has 0 spiro atoms. The van der Waals surface area contributed by atoms with Crippen LogP contribution in [0.3, 0.4) is 0 Å². The van der Waals surface area contributed by atoms with Crippen LogP contribution in [0.1, 0.15) is 13.8 Å². The van der Waals surface area contributed by atoms with Gasteiger partial charge in [0.15, 0.2) is 21.3 Å². The molecule has 110 valence electrons. The minimum absolute atomic E-state index is 0.0438. The van der Waals surface area contributed by atoms with Gasteiger partial charge in [0.2, 0.25) is 0 Å². The van der Waals surface area contributed by atoms with E-state index in [9.17, 15) is 13.2 Å². The van der Waals surface area contributed by atoms with Crippen molar-refractivity contribution in [1.82, 2.24) is 0 Å². The Bertz CT molecular complexity index is 622. The fourth-order valence-corrected chi connectivity index (χ4v) is 3.50. The van der Waals surface area contributed by atoms with Gasteiger partial charge < -0.3 is 14.6 Å². The molecule has 20 heavy (non-hydrogen) atoms. The van der Waals surface area contributed by atoms with Crippen LogP contribution in [0.4, 0.5) is 0 Å². The van der Waals surface area contributed by atoms with E-state index >= 15 is 0 Å². The molecule has 1 aromatic carbocycles. The number of benzene rings is 1. The van der Waals surface area contributed by atoms with E-state index in [1.807, 2.05) is 0 Å². The van der Waals surface area contributed by atoms with E-state index in [2.05, 4.69) is 0 Å². The lowest BCUT2D eigenvalue weighted by molar-refractivity contribution is -0.141. The van der Waals surface area contributed by atoms with E-state index < -0.39 is 27.0 Å². The van der Waals surface area contributed by atoms with Crippen LogP contribution in [0.15, 0.2) is 23.1 Å². The highest BCUT2D eigenvalue weighted by Crippen LogP contribution is 2.34. The van der Waals surface area contributed by atoms with E-state index in [1.165, 1.54) is 32.0 Å². The molecule has 7 heteroatoms. The average Bonchev–Trinajstić information content (AvgIpc) is 2.44. The van der Waals surface area contributed by atoms with Gasteiger partial charge in [-0.2, -0.15) is 0 Å². The molecule has 0 fully saturated rings. The molecule has 0 bridgehead atoms. The summed E-state index contributed by atoms with van der Waals surface area (Å²) < 4.78 is 35.5. The largest absolute Gasteiger partial charge is 0.486 e. The summed E-state index contributed by atoms with van der Waals surface area (Å²) in [6.07, 6.45) is 0. The van der Waals surface area contributed by atoms with E-state index in [0.29, 0.717) is 24.7 Å². The van der Waals surface area contributed by atoms with Gasteiger partial charge in [-0.15, -0.1) is 0 Å². The second-order valence-electron chi connectivity index (χ2n) is 4.68. The lowest BCUT2D eigenvalue weighted by Crippen LogP contribution is -2.30. The molecule has 0 aromatic heterocycles. The van der Waals surface area contributed by atoms with Crippen molar-refractivity contribution in [2.45, 2.75) is 24.0 Å². The summed E-state index contributed by atoms with van der Waals surface area (Å²) in [6, 6.07) is 4.32. The maximum absolute atomic E-state index is 12.4. The first-order valence-corrected chi connectivity index (χ1v) is 7.75. The summed E-state index contributed by atoms with van der Waals surface area (Å²) in [5, 5.41) is 7.92. The summed E-state index contributed by atoms with van der Waals surface area (Å²) in [7, 11) is -3.73.